The van der Waals surface area contributed by atoms with Crippen molar-refractivity contribution in [2.24, 2.45) is 5.73 Å². The fraction of sp³-hybridized carbons (Fsp3) is 0.444. The van der Waals surface area contributed by atoms with E-state index in [9.17, 15) is 4.79 Å². The van der Waals surface area contributed by atoms with E-state index in [1.54, 1.807) is 6.92 Å². The van der Waals surface area contributed by atoms with Gasteiger partial charge in [0.1, 0.15) is 5.76 Å². The average molecular weight is 261 g/mol. The summed E-state index contributed by atoms with van der Waals surface area (Å²) in [6, 6.07) is 3.38. The predicted octanol–water partition coefficient (Wildman–Crippen LogP) is 1.35. The number of carbonyl (C=O) groups excluding carboxylic acids is 1. The van der Waals surface area contributed by atoms with Crippen LogP contribution in [0.15, 0.2) is 21.2 Å². The molecule has 5 heteroatoms. The molecule has 0 spiro atoms. The van der Waals surface area contributed by atoms with Gasteiger partial charge in [0.25, 0.3) is 0 Å². The van der Waals surface area contributed by atoms with E-state index in [1.807, 2.05) is 24.1 Å². The molecule has 78 valence electrons. The van der Waals surface area contributed by atoms with Crippen LogP contribution in [0, 0.1) is 0 Å². The van der Waals surface area contributed by atoms with Gasteiger partial charge in [0, 0.05) is 0 Å². The number of rotatable bonds is 4. The highest BCUT2D eigenvalue weighted by Gasteiger charge is 2.15. The van der Waals surface area contributed by atoms with Crippen molar-refractivity contribution < 1.29 is 9.21 Å². The van der Waals surface area contributed by atoms with Gasteiger partial charge in [-0.2, -0.15) is 0 Å². The first-order chi connectivity index (χ1) is 6.50. The first-order valence-corrected chi connectivity index (χ1v) is 5.03. The monoisotopic (exact) mass is 260 g/mol. The van der Waals surface area contributed by atoms with E-state index >= 15 is 0 Å². The lowest BCUT2D eigenvalue weighted by atomic mass is 10.3. The first-order valence-electron chi connectivity index (χ1n) is 4.24. The Morgan fingerprint density at radius 3 is 2.79 bits per heavy atom. The van der Waals surface area contributed by atoms with Crippen LogP contribution in [0.5, 0.6) is 0 Å². The Balaban J connectivity index is 2.56. The van der Waals surface area contributed by atoms with Gasteiger partial charge in [-0.1, -0.05) is 0 Å². The molecule has 0 bridgehead atoms. The van der Waals surface area contributed by atoms with Crippen molar-refractivity contribution in [2.75, 3.05) is 7.05 Å². The summed E-state index contributed by atoms with van der Waals surface area (Å²) in [5.41, 5.74) is 5.18. The summed E-state index contributed by atoms with van der Waals surface area (Å²) in [4.78, 5) is 12.7. The summed E-state index contributed by atoms with van der Waals surface area (Å²) in [5, 5.41) is 0. The highest BCUT2D eigenvalue weighted by molar-refractivity contribution is 9.10. The summed E-state index contributed by atoms with van der Waals surface area (Å²) in [5.74, 6) is 0.464. The Hall–Kier alpha value is -0.810. The van der Waals surface area contributed by atoms with E-state index < -0.39 is 0 Å². The zero-order valence-electron chi connectivity index (χ0n) is 8.16. The lowest BCUT2D eigenvalue weighted by Gasteiger charge is -2.20. The minimum absolute atomic E-state index is 0.293. The topological polar surface area (TPSA) is 59.5 Å². The van der Waals surface area contributed by atoms with Gasteiger partial charge in [0.05, 0.1) is 12.6 Å². The fourth-order valence-corrected chi connectivity index (χ4v) is 1.38. The minimum Gasteiger partial charge on any atom is -0.453 e. The highest BCUT2D eigenvalue weighted by Crippen LogP contribution is 2.15. The summed E-state index contributed by atoms with van der Waals surface area (Å²) >= 11 is 3.21. The number of hydrogen-bond donors (Lipinski definition) is 1. The smallest absolute Gasteiger partial charge is 0.234 e. The van der Waals surface area contributed by atoms with Crippen LogP contribution in [0.4, 0.5) is 0 Å². The van der Waals surface area contributed by atoms with Crippen LogP contribution in [0.3, 0.4) is 0 Å². The number of furan rings is 1. The van der Waals surface area contributed by atoms with Crippen molar-refractivity contribution in [2.45, 2.75) is 19.5 Å². The number of primary amides is 1. The molecule has 0 saturated carbocycles. The maximum Gasteiger partial charge on any atom is 0.234 e. The first kappa shape index (κ1) is 11.3. The van der Waals surface area contributed by atoms with Crippen LogP contribution in [-0.4, -0.2) is 23.9 Å². The molecule has 1 unspecified atom stereocenters. The van der Waals surface area contributed by atoms with Gasteiger partial charge < -0.3 is 10.2 Å². The van der Waals surface area contributed by atoms with E-state index in [0.29, 0.717) is 11.2 Å². The van der Waals surface area contributed by atoms with Crippen molar-refractivity contribution in [1.29, 1.82) is 0 Å². The highest BCUT2D eigenvalue weighted by atomic mass is 79.9. The second kappa shape index (κ2) is 4.61. The normalized spacial score (nSPS) is 13.1. The van der Waals surface area contributed by atoms with Crippen LogP contribution < -0.4 is 5.73 Å². The van der Waals surface area contributed by atoms with Gasteiger partial charge in [0.2, 0.25) is 5.91 Å². The second-order valence-electron chi connectivity index (χ2n) is 3.20. The predicted molar refractivity (Wildman–Crippen MR) is 56.5 cm³/mol. The third-order valence-corrected chi connectivity index (χ3v) is 2.53. The minimum atomic E-state index is -0.335. The van der Waals surface area contributed by atoms with Gasteiger partial charge >= 0.3 is 0 Å². The third kappa shape index (κ3) is 2.85. The molecule has 14 heavy (non-hydrogen) atoms. The largest absolute Gasteiger partial charge is 0.453 e. The molecule has 0 saturated heterocycles. The van der Waals surface area contributed by atoms with E-state index in [2.05, 4.69) is 15.9 Å². The average Bonchev–Trinajstić information content (AvgIpc) is 2.49. The summed E-state index contributed by atoms with van der Waals surface area (Å²) in [6.45, 7) is 2.33. The Morgan fingerprint density at radius 1 is 1.71 bits per heavy atom. The Bertz CT molecular complexity index is 324. The molecule has 0 aromatic carbocycles. The Morgan fingerprint density at radius 2 is 2.36 bits per heavy atom. The zero-order chi connectivity index (χ0) is 10.7. The number of hydrogen-bond acceptors (Lipinski definition) is 3. The van der Waals surface area contributed by atoms with Gasteiger partial charge in [-0.05, 0) is 42.0 Å². The van der Waals surface area contributed by atoms with Crippen molar-refractivity contribution in [3.8, 4) is 0 Å². The van der Waals surface area contributed by atoms with E-state index in [1.165, 1.54) is 0 Å². The zero-order valence-corrected chi connectivity index (χ0v) is 9.74. The molecule has 1 rings (SSSR count). The Labute approximate surface area is 91.2 Å². The number of amides is 1. The van der Waals surface area contributed by atoms with Crippen molar-refractivity contribution in [3.05, 3.63) is 22.6 Å². The lowest BCUT2D eigenvalue weighted by molar-refractivity contribution is -0.122. The molecule has 1 aromatic heterocycles. The summed E-state index contributed by atoms with van der Waals surface area (Å²) < 4.78 is 5.99. The molecule has 0 radical (unpaired) electrons. The second-order valence-corrected chi connectivity index (χ2v) is 3.98. The van der Waals surface area contributed by atoms with E-state index in [4.69, 9.17) is 10.2 Å². The molecular weight excluding hydrogens is 248 g/mol. The lowest BCUT2D eigenvalue weighted by Crippen LogP contribution is -2.39. The maximum absolute atomic E-state index is 10.9. The number of nitrogens with zero attached hydrogens (tertiary/aromatic N) is 1. The van der Waals surface area contributed by atoms with Crippen LogP contribution in [0.25, 0.3) is 0 Å². The van der Waals surface area contributed by atoms with Crippen LogP contribution in [-0.2, 0) is 11.3 Å². The number of nitrogens with two attached hydrogens (primary N) is 1. The third-order valence-electron chi connectivity index (χ3n) is 2.11. The SMILES string of the molecule is CC(C(N)=O)N(C)Cc1ccc(Br)o1. The molecule has 0 aliphatic rings. The number of halogens is 1. The summed E-state index contributed by atoms with van der Waals surface area (Å²) in [7, 11) is 1.83. The van der Waals surface area contributed by atoms with Gasteiger partial charge in [-0.15, -0.1) is 0 Å². The number of likely N-dealkylation sites (N-methyl/N-ethyl adjacent to an activating group) is 1. The van der Waals surface area contributed by atoms with Crippen LogP contribution in [0.1, 0.15) is 12.7 Å². The summed E-state index contributed by atoms with van der Waals surface area (Å²) in [6.07, 6.45) is 0. The standard InChI is InChI=1S/C9H13BrN2O2/c1-6(9(11)13)12(2)5-7-3-4-8(10)14-7/h3-4,6H,5H2,1-2H3,(H2,11,13). The molecule has 0 aliphatic heterocycles. The molecule has 0 aliphatic carbocycles. The molecule has 1 amide bonds. The van der Waals surface area contributed by atoms with Crippen molar-refractivity contribution in [1.82, 2.24) is 4.90 Å². The van der Waals surface area contributed by atoms with Gasteiger partial charge in [-0.25, -0.2) is 0 Å². The maximum atomic E-state index is 10.9. The number of carbonyl (C=O) groups is 1. The molecular formula is C9H13BrN2O2. The van der Waals surface area contributed by atoms with Gasteiger partial charge in [-0.3, -0.25) is 9.69 Å². The molecule has 1 aromatic rings. The van der Waals surface area contributed by atoms with Crippen molar-refractivity contribution >= 4 is 21.8 Å². The Kier molecular flexibility index (Phi) is 3.71. The van der Waals surface area contributed by atoms with Crippen molar-refractivity contribution in [3.63, 3.8) is 0 Å². The molecule has 1 atom stereocenters. The van der Waals surface area contributed by atoms with Crippen LogP contribution in [0.2, 0.25) is 0 Å². The quantitative estimate of drug-likeness (QED) is 0.889. The van der Waals surface area contributed by atoms with E-state index in [-0.39, 0.29) is 11.9 Å². The van der Waals surface area contributed by atoms with Crippen LogP contribution >= 0.6 is 15.9 Å². The molecule has 1 heterocycles. The fourth-order valence-electron chi connectivity index (χ4n) is 1.04. The molecule has 4 nitrogen and oxygen atoms in total. The molecule has 2 N–H and O–H groups in total. The van der Waals surface area contributed by atoms with E-state index in [0.717, 1.165) is 5.76 Å². The molecule has 0 fully saturated rings. The van der Waals surface area contributed by atoms with Gasteiger partial charge in [0.15, 0.2) is 4.67 Å².